The van der Waals surface area contributed by atoms with Crippen LogP contribution in [0.1, 0.15) is 5.89 Å². The van der Waals surface area contributed by atoms with Crippen LogP contribution < -0.4 is 4.74 Å². The number of hydrogen-bond donors (Lipinski definition) is 1. The van der Waals surface area contributed by atoms with Gasteiger partial charge in [-0.3, -0.25) is 0 Å². The van der Waals surface area contributed by atoms with Gasteiger partial charge in [-0.15, -0.1) is 0 Å². The van der Waals surface area contributed by atoms with Crippen molar-refractivity contribution in [2.75, 3.05) is 0 Å². The second-order valence-electron chi connectivity index (χ2n) is 5.13. The third kappa shape index (κ3) is 3.72. The first-order chi connectivity index (χ1) is 12.4. The molecule has 0 radical (unpaired) electrons. The molecule has 0 saturated carbocycles. The molecule has 0 aliphatic rings. The minimum atomic E-state index is -1.22. The Hall–Kier alpha value is -3.62. The van der Waals surface area contributed by atoms with E-state index in [9.17, 15) is 13.6 Å². The predicted octanol–water partition coefficient (Wildman–Crippen LogP) is 3.39. The maximum atomic E-state index is 14.3. The first-order valence-electron chi connectivity index (χ1n) is 7.26. The van der Waals surface area contributed by atoms with Crippen molar-refractivity contribution in [1.29, 1.82) is 0 Å². The SMILES string of the molecule is C=C(Cc1nc(-c2cc(F)c(Oc3ccccn3)cc2F)no1)C(=O)O. The Morgan fingerprint density at radius 3 is 2.77 bits per heavy atom. The van der Waals surface area contributed by atoms with Crippen molar-refractivity contribution < 1.29 is 27.9 Å². The number of hydrogen-bond acceptors (Lipinski definition) is 6. The Labute approximate surface area is 145 Å². The molecule has 0 unspecified atom stereocenters. The highest BCUT2D eigenvalue weighted by Crippen LogP contribution is 2.30. The van der Waals surface area contributed by atoms with Gasteiger partial charge in [0.2, 0.25) is 17.6 Å². The van der Waals surface area contributed by atoms with Gasteiger partial charge in [-0.05, 0) is 12.1 Å². The summed E-state index contributed by atoms with van der Waals surface area (Å²) in [7, 11) is 0. The van der Waals surface area contributed by atoms with Crippen LogP contribution in [0.4, 0.5) is 8.78 Å². The van der Waals surface area contributed by atoms with E-state index in [1.54, 1.807) is 12.1 Å². The molecule has 0 aliphatic heterocycles. The van der Waals surface area contributed by atoms with Gasteiger partial charge in [-0.25, -0.2) is 18.6 Å². The highest BCUT2D eigenvalue weighted by atomic mass is 19.1. The third-order valence-electron chi connectivity index (χ3n) is 3.25. The first-order valence-corrected chi connectivity index (χ1v) is 7.26. The minimum Gasteiger partial charge on any atom is -0.478 e. The van der Waals surface area contributed by atoms with Crippen LogP contribution in [0.3, 0.4) is 0 Å². The van der Waals surface area contributed by atoms with Crippen LogP contribution in [0.15, 0.2) is 53.2 Å². The van der Waals surface area contributed by atoms with Gasteiger partial charge in [0.05, 0.1) is 12.0 Å². The molecule has 0 atom stereocenters. The highest BCUT2D eigenvalue weighted by molar-refractivity contribution is 5.86. The van der Waals surface area contributed by atoms with E-state index in [4.69, 9.17) is 14.4 Å². The normalized spacial score (nSPS) is 10.5. The molecule has 0 aliphatic carbocycles. The van der Waals surface area contributed by atoms with Crippen LogP contribution in [0.2, 0.25) is 0 Å². The van der Waals surface area contributed by atoms with Crippen molar-refractivity contribution in [2.45, 2.75) is 6.42 Å². The molecule has 132 valence electrons. The molecule has 0 amide bonds. The zero-order chi connectivity index (χ0) is 18.7. The first kappa shape index (κ1) is 17.2. The lowest BCUT2D eigenvalue weighted by molar-refractivity contribution is -0.132. The Kier molecular flexibility index (Phi) is 4.70. The van der Waals surface area contributed by atoms with Crippen molar-refractivity contribution in [3.63, 3.8) is 0 Å². The van der Waals surface area contributed by atoms with Crippen LogP contribution in [-0.4, -0.2) is 26.2 Å². The molecule has 3 rings (SSSR count). The third-order valence-corrected chi connectivity index (χ3v) is 3.25. The lowest BCUT2D eigenvalue weighted by Crippen LogP contribution is -2.02. The molecule has 2 aromatic heterocycles. The van der Waals surface area contributed by atoms with E-state index in [1.807, 2.05) is 0 Å². The van der Waals surface area contributed by atoms with Crippen molar-refractivity contribution in [3.05, 3.63) is 66.2 Å². The standard InChI is InChI=1S/C17H11F2N3O4/c1-9(17(23)24)6-15-21-16(22-26-15)10-7-12(19)13(8-11(10)18)25-14-4-2-3-5-20-14/h2-5,7-8H,1,6H2,(H,23,24). The zero-order valence-electron chi connectivity index (χ0n) is 13.1. The van der Waals surface area contributed by atoms with Gasteiger partial charge in [-0.1, -0.05) is 17.8 Å². The van der Waals surface area contributed by atoms with Crippen LogP contribution in [0, 0.1) is 11.6 Å². The summed E-state index contributed by atoms with van der Waals surface area (Å²) < 4.78 is 38.6. The molecule has 1 aromatic carbocycles. The van der Waals surface area contributed by atoms with Crippen LogP contribution >= 0.6 is 0 Å². The fraction of sp³-hybridized carbons (Fsp3) is 0.0588. The van der Waals surface area contributed by atoms with Crippen LogP contribution in [-0.2, 0) is 11.2 Å². The van der Waals surface area contributed by atoms with Crippen molar-refractivity contribution in [1.82, 2.24) is 15.1 Å². The number of rotatable bonds is 6. The molecule has 3 aromatic rings. The Balaban J connectivity index is 1.85. The van der Waals surface area contributed by atoms with Crippen molar-refractivity contribution in [2.24, 2.45) is 0 Å². The average molecular weight is 359 g/mol. The summed E-state index contributed by atoms with van der Waals surface area (Å²) in [6.07, 6.45) is 1.23. The van der Waals surface area contributed by atoms with E-state index >= 15 is 0 Å². The summed E-state index contributed by atoms with van der Waals surface area (Å²) in [5.74, 6) is -3.48. The van der Waals surface area contributed by atoms with E-state index < -0.39 is 17.6 Å². The van der Waals surface area contributed by atoms with Crippen molar-refractivity contribution in [3.8, 4) is 23.0 Å². The van der Waals surface area contributed by atoms with Crippen LogP contribution in [0.25, 0.3) is 11.4 Å². The lowest BCUT2D eigenvalue weighted by atomic mass is 10.2. The largest absolute Gasteiger partial charge is 0.478 e. The molecule has 2 heterocycles. The quantitative estimate of drug-likeness (QED) is 0.674. The molecule has 0 spiro atoms. The molecule has 0 fully saturated rings. The summed E-state index contributed by atoms with van der Waals surface area (Å²) in [5.41, 5.74) is -0.433. The number of ether oxygens (including phenoxy) is 1. The number of nitrogens with zero attached hydrogens (tertiary/aromatic N) is 3. The Morgan fingerprint density at radius 2 is 2.08 bits per heavy atom. The number of carboxylic acid groups (broad SMARTS) is 1. The summed E-state index contributed by atoms with van der Waals surface area (Å²) in [4.78, 5) is 18.5. The fourth-order valence-electron chi connectivity index (χ4n) is 1.99. The smallest absolute Gasteiger partial charge is 0.331 e. The topological polar surface area (TPSA) is 98.3 Å². The van der Waals surface area contributed by atoms with E-state index in [2.05, 4.69) is 21.7 Å². The highest BCUT2D eigenvalue weighted by Gasteiger charge is 2.19. The maximum absolute atomic E-state index is 14.3. The van der Waals surface area contributed by atoms with Gasteiger partial charge >= 0.3 is 5.97 Å². The van der Waals surface area contributed by atoms with E-state index in [1.165, 1.54) is 12.3 Å². The van der Waals surface area contributed by atoms with E-state index in [-0.39, 0.29) is 40.9 Å². The summed E-state index contributed by atoms with van der Waals surface area (Å²) in [5, 5.41) is 12.3. The summed E-state index contributed by atoms with van der Waals surface area (Å²) >= 11 is 0. The van der Waals surface area contributed by atoms with Gasteiger partial charge in [0.25, 0.3) is 0 Å². The molecule has 9 heteroatoms. The number of aromatic nitrogens is 3. The Morgan fingerprint density at radius 1 is 1.27 bits per heavy atom. The number of pyridine rings is 1. The molecule has 1 N–H and O–H groups in total. The van der Waals surface area contributed by atoms with Gasteiger partial charge in [0.1, 0.15) is 5.82 Å². The number of halogens is 2. The summed E-state index contributed by atoms with van der Waals surface area (Å²) in [6, 6.07) is 6.47. The van der Waals surface area contributed by atoms with E-state index in [0.717, 1.165) is 12.1 Å². The molecular formula is C17H11F2N3O4. The molecule has 7 nitrogen and oxygen atoms in total. The lowest BCUT2D eigenvalue weighted by Gasteiger charge is -2.07. The van der Waals surface area contributed by atoms with Gasteiger partial charge in [0.15, 0.2) is 11.6 Å². The number of carboxylic acids is 1. The molecule has 0 bridgehead atoms. The summed E-state index contributed by atoms with van der Waals surface area (Å²) in [6.45, 7) is 3.33. The van der Waals surface area contributed by atoms with Gasteiger partial charge in [-0.2, -0.15) is 4.98 Å². The molecule has 0 saturated heterocycles. The monoisotopic (exact) mass is 359 g/mol. The number of benzene rings is 1. The second kappa shape index (κ2) is 7.09. The van der Waals surface area contributed by atoms with Crippen molar-refractivity contribution >= 4 is 5.97 Å². The fourth-order valence-corrected chi connectivity index (χ4v) is 1.99. The van der Waals surface area contributed by atoms with Crippen LogP contribution in [0.5, 0.6) is 11.6 Å². The van der Waals surface area contributed by atoms with Gasteiger partial charge < -0.3 is 14.4 Å². The molecular weight excluding hydrogens is 348 g/mol. The number of carbonyl (C=O) groups is 1. The average Bonchev–Trinajstić information content (AvgIpc) is 3.07. The molecule has 26 heavy (non-hydrogen) atoms. The van der Waals surface area contributed by atoms with E-state index in [0.29, 0.717) is 0 Å². The number of aliphatic carboxylic acids is 1. The second-order valence-corrected chi connectivity index (χ2v) is 5.13. The maximum Gasteiger partial charge on any atom is 0.331 e. The predicted molar refractivity (Wildman–Crippen MR) is 84.4 cm³/mol. The minimum absolute atomic E-state index is 0.0824. The zero-order valence-corrected chi connectivity index (χ0v) is 13.1. The van der Waals surface area contributed by atoms with Gasteiger partial charge in [0, 0.05) is 23.9 Å². The Bertz CT molecular complexity index is 973.